The monoisotopic (exact) mass is 373 g/mol. The summed E-state index contributed by atoms with van der Waals surface area (Å²) in [4.78, 5) is 32.6. The first-order valence-electron chi connectivity index (χ1n) is 8.77. The lowest BCUT2D eigenvalue weighted by Crippen LogP contribution is -2.34. The highest BCUT2D eigenvalue weighted by atomic mass is 35.5. The molecule has 0 unspecified atom stereocenters. The van der Waals surface area contributed by atoms with E-state index in [1.165, 1.54) is 0 Å². The molecule has 1 aliphatic carbocycles. The number of amides is 2. The van der Waals surface area contributed by atoms with Gasteiger partial charge in [0, 0.05) is 36.6 Å². The van der Waals surface area contributed by atoms with Gasteiger partial charge in [-0.3, -0.25) is 9.59 Å². The second-order valence-corrected chi connectivity index (χ2v) is 7.44. The van der Waals surface area contributed by atoms with Crippen LogP contribution in [0.2, 0.25) is 5.02 Å². The van der Waals surface area contributed by atoms with Crippen LogP contribution in [-0.4, -0.2) is 35.3 Å². The Kier molecular flexibility index (Phi) is 4.44. The van der Waals surface area contributed by atoms with Crippen LogP contribution in [0.1, 0.15) is 36.8 Å². The molecule has 1 saturated heterocycles. The molecule has 1 saturated carbocycles. The molecule has 0 bridgehead atoms. The van der Waals surface area contributed by atoms with E-state index in [9.17, 15) is 9.59 Å². The molecule has 2 aromatic rings. The van der Waals surface area contributed by atoms with Gasteiger partial charge in [0.05, 0.1) is 18.7 Å². The molecule has 1 aliphatic heterocycles. The van der Waals surface area contributed by atoms with Crippen molar-refractivity contribution in [2.45, 2.75) is 31.7 Å². The summed E-state index contributed by atoms with van der Waals surface area (Å²) in [5.41, 5.74) is 0.763. The zero-order chi connectivity index (χ0) is 18.3. The standard InChI is InChI=1S/C19H20ClN3O3/c1-22(11-17-21-9-16(26-17)12-2-3-12)19(25)13-8-18(24)23(10-13)15-6-4-14(20)5-7-15/h4-7,9,12-13H,2-3,8,10-11H2,1H3/t13-/m1/s1. The molecule has 2 fully saturated rings. The Morgan fingerprint density at radius 2 is 2.08 bits per heavy atom. The zero-order valence-corrected chi connectivity index (χ0v) is 15.3. The van der Waals surface area contributed by atoms with Crippen LogP contribution < -0.4 is 4.90 Å². The van der Waals surface area contributed by atoms with Crippen molar-refractivity contribution >= 4 is 29.1 Å². The van der Waals surface area contributed by atoms with Crippen molar-refractivity contribution in [2.24, 2.45) is 5.92 Å². The number of oxazole rings is 1. The predicted molar refractivity (Wildman–Crippen MR) is 96.9 cm³/mol. The maximum absolute atomic E-state index is 12.7. The quantitative estimate of drug-likeness (QED) is 0.807. The third kappa shape index (κ3) is 3.46. The molecule has 0 N–H and O–H groups in total. The fraction of sp³-hybridized carbons (Fsp3) is 0.421. The van der Waals surface area contributed by atoms with Gasteiger partial charge in [0.15, 0.2) is 0 Å². The zero-order valence-electron chi connectivity index (χ0n) is 14.5. The minimum Gasteiger partial charge on any atom is -0.443 e. The number of hydrogen-bond acceptors (Lipinski definition) is 4. The Morgan fingerprint density at radius 1 is 1.35 bits per heavy atom. The topological polar surface area (TPSA) is 66.7 Å². The van der Waals surface area contributed by atoms with E-state index in [-0.39, 0.29) is 24.2 Å². The average molecular weight is 374 g/mol. The van der Waals surface area contributed by atoms with Crippen molar-refractivity contribution in [2.75, 3.05) is 18.5 Å². The number of carbonyl (C=O) groups excluding carboxylic acids is 2. The summed E-state index contributed by atoms with van der Waals surface area (Å²) in [6.45, 7) is 0.694. The number of aromatic nitrogens is 1. The van der Waals surface area contributed by atoms with E-state index < -0.39 is 0 Å². The minimum absolute atomic E-state index is 0.0498. The van der Waals surface area contributed by atoms with E-state index in [0.29, 0.717) is 29.9 Å². The van der Waals surface area contributed by atoms with E-state index in [2.05, 4.69) is 4.98 Å². The number of rotatable bonds is 5. The van der Waals surface area contributed by atoms with E-state index >= 15 is 0 Å². The van der Waals surface area contributed by atoms with Crippen molar-refractivity contribution in [1.29, 1.82) is 0 Å². The molecule has 0 radical (unpaired) electrons. The molecule has 0 spiro atoms. The Hall–Kier alpha value is -2.34. The lowest BCUT2D eigenvalue weighted by atomic mass is 10.1. The summed E-state index contributed by atoms with van der Waals surface area (Å²) >= 11 is 5.90. The van der Waals surface area contributed by atoms with Gasteiger partial charge in [0.1, 0.15) is 5.76 Å². The smallest absolute Gasteiger partial charge is 0.228 e. The van der Waals surface area contributed by atoms with Crippen LogP contribution in [0.5, 0.6) is 0 Å². The first-order chi connectivity index (χ1) is 12.5. The molecule has 4 rings (SSSR count). The summed E-state index contributed by atoms with van der Waals surface area (Å²) in [5.74, 6) is 1.47. The predicted octanol–water partition coefficient (Wildman–Crippen LogP) is 3.22. The van der Waals surface area contributed by atoms with Gasteiger partial charge >= 0.3 is 0 Å². The Balaban J connectivity index is 1.39. The maximum Gasteiger partial charge on any atom is 0.228 e. The van der Waals surface area contributed by atoms with Crippen LogP contribution in [0, 0.1) is 5.92 Å². The van der Waals surface area contributed by atoms with Crippen LogP contribution in [0.25, 0.3) is 0 Å². The molecule has 6 nitrogen and oxygen atoms in total. The van der Waals surface area contributed by atoms with Gasteiger partial charge in [0.2, 0.25) is 17.7 Å². The average Bonchev–Trinajstić information content (AvgIpc) is 3.26. The summed E-state index contributed by atoms with van der Waals surface area (Å²) in [6.07, 6.45) is 4.26. The molecule has 1 aromatic heterocycles. The second kappa shape index (κ2) is 6.76. The highest BCUT2D eigenvalue weighted by Gasteiger charge is 2.37. The van der Waals surface area contributed by atoms with Crippen LogP contribution in [0.15, 0.2) is 34.9 Å². The van der Waals surface area contributed by atoms with Crippen molar-refractivity contribution < 1.29 is 14.0 Å². The van der Waals surface area contributed by atoms with Crippen molar-refractivity contribution in [3.63, 3.8) is 0 Å². The third-order valence-electron chi connectivity index (χ3n) is 4.91. The SMILES string of the molecule is CN(Cc1ncc(C2CC2)o1)C(=O)[C@@H]1CC(=O)N(c2ccc(Cl)cc2)C1. The largest absolute Gasteiger partial charge is 0.443 e. The highest BCUT2D eigenvalue weighted by Crippen LogP contribution is 2.40. The van der Waals surface area contributed by atoms with Crippen LogP contribution >= 0.6 is 11.6 Å². The first kappa shape index (κ1) is 17.1. The third-order valence-corrected chi connectivity index (χ3v) is 5.16. The van der Waals surface area contributed by atoms with Gasteiger partial charge in [0.25, 0.3) is 0 Å². The van der Waals surface area contributed by atoms with Gasteiger partial charge in [-0.25, -0.2) is 4.98 Å². The molecular formula is C19H20ClN3O3. The van der Waals surface area contributed by atoms with Crippen molar-refractivity contribution in [3.8, 4) is 0 Å². The fourth-order valence-electron chi connectivity index (χ4n) is 3.29. The van der Waals surface area contributed by atoms with Gasteiger partial charge in [-0.2, -0.15) is 0 Å². The van der Waals surface area contributed by atoms with E-state index in [4.69, 9.17) is 16.0 Å². The van der Waals surface area contributed by atoms with E-state index in [1.807, 2.05) is 0 Å². The van der Waals surface area contributed by atoms with Crippen molar-refractivity contribution in [3.05, 3.63) is 47.1 Å². The number of hydrogen-bond donors (Lipinski definition) is 0. The molecule has 2 amide bonds. The molecule has 1 atom stereocenters. The molecule has 1 aromatic carbocycles. The molecule has 26 heavy (non-hydrogen) atoms. The Bertz CT molecular complexity index is 829. The number of carbonyl (C=O) groups is 2. The number of nitrogens with zero attached hydrogens (tertiary/aromatic N) is 3. The lowest BCUT2D eigenvalue weighted by Gasteiger charge is -2.20. The maximum atomic E-state index is 12.7. The van der Waals surface area contributed by atoms with E-state index in [0.717, 1.165) is 24.3 Å². The van der Waals surface area contributed by atoms with Gasteiger partial charge < -0.3 is 14.2 Å². The minimum atomic E-state index is -0.360. The molecule has 136 valence electrons. The second-order valence-electron chi connectivity index (χ2n) is 7.01. The molecule has 2 aliphatic rings. The number of halogens is 1. The summed E-state index contributed by atoms with van der Waals surface area (Å²) in [6, 6.07) is 7.07. The molecule has 2 heterocycles. The van der Waals surface area contributed by atoms with Gasteiger partial charge in [-0.15, -0.1) is 0 Å². The van der Waals surface area contributed by atoms with Crippen molar-refractivity contribution in [1.82, 2.24) is 9.88 Å². The van der Waals surface area contributed by atoms with E-state index in [1.54, 1.807) is 47.3 Å². The number of anilines is 1. The Labute approximate surface area is 156 Å². The first-order valence-corrected chi connectivity index (χ1v) is 9.14. The summed E-state index contributed by atoms with van der Waals surface area (Å²) < 4.78 is 5.72. The highest BCUT2D eigenvalue weighted by molar-refractivity contribution is 6.30. The normalized spacial score (nSPS) is 19.8. The van der Waals surface area contributed by atoms with Gasteiger partial charge in [-0.05, 0) is 37.1 Å². The summed E-state index contributed by atoms with van der Waals surface area (Å²) in [5, 5.41) is 0.615. The van der Waals surface area contributed by atoms with Crippen LogP contribution in [0.3, 0.4) is 0 Å². The lowest BCUT2D eigenvalue weighted by molar-refractivity contribution is -0.135. The van der Waals surface area contributed by atoms with Crippen LogP contribution in [-0.2, 0) is 16.1 Å². The van der Waals surface area contributed by atoms with Crippen LogP contribution in [0.4, 0.5) is 5.69 Å². The fourth-order valence-corrected chi connectivity index (χ4v) is 3.42. The number of benzene rings is 1. The summed E-state index contributed by atoms with van der Waals surface area (Å²) in [7, 11) is 1.72. The molecule has 7 heteroatoms. The molecular weight excluding hydrogens is 354 g/mol. The Morgan fingerprint density at radius 3 is 2.77 bits per heavy atom. The van der Waals surface area contributed by atoms with Gasteiger partial charge in [-0.1, -0.05) is 11.6 Å².